The number of aliphatic carboxylic acids is 1. The maximum atomic E-state index is 12.6. The first-order valence-electron chi connectivity index (χ1n) is 7.79. The highest BCUT2D eigenvalue weighted by Gasteiger charge is 2.61. The second-order valence-electron chi connectivity index (χ2n) is 7.11. The topological polar surface area (TPSA) is 76.0 Å². The van der Waals surface area contributed by atoms with Gasteiger partial charge in [0.25, 0.3) is 0 Å². The second-order valence-corrected chi connectivity index (χ2v) is 8.53. The summed E-state index contributed by atoms with van der Waals surface area (Å²) in [5.41, 5.74) is 0.240. The molecule has 1 N–H and O–H groups in total. The summed E-state index contributed by atoms with van der Waals surface area (Å²) in [4.78, 5) is 29.1. The van der Waals surface area contributed by atoms with Gasteiger partial charge in [-0.15, -0.1) is 11.8 Å². The third-order valence-corrected chi connectivity index (χ3v) is 6.17. The van der Waals surface area contributed by atoms with Gasteiger partial charge in [0.15, 0.2) is 0 Å². The zero-order valence-electron chi connectivity index (χ0n) is 13.5. The molecular weight excluding hydrogens is 314 g/mol. The third-order valence-electron chi connectivity index (χ3n) is 4.39. The number of rotatable bonds is 2. The SMILES string of the molecule is CC(C)(C)OC(=O)C1SC23C=CC=CC2=NCCC3C1C(=O)O. The Morgan fingerprint density at radius 3 is 2.78 bits per heavy atom. The molecule has 3 rings (SSSR count). The van der Waals surface area contributed by atoms with Crippen molar-refractivity contribution >= 4 is 29.4 Å². The summed E-state index contributed by atoms with van der Waals surface area (Å²) in [6.07, 6.45) is 8.42. The van der Waals surface area contributed by atoms with Crippen LogP contribution in [0.25, 0.3) is 0 Å². The molecule has 0 bridgehead atoms. The lowest BCUT2D eigenvalue weighted by Crippen LogP contribution is -2.45. The minimum atomic E-state index is -0.931. The summed E-state index contributed by atoms with van der Waals surface area (Å²) in [6, 6.07) is 0. The Kier molecular flexibility index (Phi) is 3.91. The van der Waals surface area contributed by atoms with E-state index in [0.717, 1.165) is 5.71 Å². The summed E-state index contributed by atoms with van der Waals surface area (Å²) in [7, 11) is 0. The summed E-state index contributed by atoms with van der Waals surface area (Å²) in [5.74, 6) is -2.27. The highest BCUT2D eigenvalue weighted by Crippen LogP contribution is 2.57. The molecule has 1 aliphatic carbocycles. The first-order valence-corrected chi connectivity index (χ1v) is 8.67. The molecule has 5 nitrogen and oxygen atoms in total. The third kappa shape index (κ3) is 2.73. The lowest BCUT2D eigenvalue weighted by atomic mass is 9.72. The Bertz CT molecular complexity index is 631. The summed E-state index contributed by atoms with van der Waals surface area (Å²) < 4.78 is 4.96. The normalized spacial score (nSPS) is 35.3. The maximum Gasteiger partial charge on any atom is 0.320 e. The van der Waals surface area contributed by atoms with Gasteiger partial charge in [0, 0.05) is 6.54 Å². The number of hydrogen-bond acceptors (Lipinski definition) is 5. The Balaban J connectivity index is 1.98. The van der Waals surface area contributed by atoms with E-state index in [9.17, 15) is 14.7 Å². The van der Waals surface area contributed by atoms with Crippen molar-refractivity contribution < 1.29 is 19.4 Å². The van der Waals surface area contributed by atoms with Crippen molar-refractivity contribution in [1.82, 2.24) is 0 Å². The zero-order valence-corrected chi connectivity index (χ0v) is 14.3. The number of carboxylic acids is 1. The van der Waals surface area contributed by atoms with Crippen molar-refractivity contribution in [2.45, 2.75) is 42.8 Å². The molecule has 4 unspecified atom stereocenters. The molecule has 0 amide bonds. The molecule has 0 radical (unpaired) electrons. The Labute approximate surface area is 139 Å². The molecule has 124 valence electrons. The molecule has 1 saturated heterocycles. The number of allylic oxidation sites excluding steroid dienone is 3. The predicted octanol–water partition coefficient (Wildman–Crippen LogP) is 2.47. The van der Waals surface area contributed by atoms with Crippen LogP contribution < -0.4 is 0 Å². The fourth-order valence-corrected chi connectivity index (χ4v) is 5.44. The van der Waals surface area contributed by atoms with Crippen molar-refractivity contribution in [3.05, 3.63) is 24.3 Å². The fraction of sp³-hybridized carbons (Fsp3) is 0.588. The molecule has 2 heterocycles. The van der Waals surface area contributed by atoms with Gasteiger partial charge in [-0.05, 0) is 39.2 Å². The van der Waals surface area contributed by atoms with Crippen LogP contribution in [0.5, 0.6) is 0 Å². The highest BCUT2D eigenvalue weighted by molar-refractivity contribution is 8.03. The zero-order chi connectivity index (χ0) is 16.8. The van der Waals surface area contributed by atoms with Crippen LogP contribution in [0.15, 0.2) is 29.3 Å². The van der Waals surface area contributed by atoms with E-state index in [1.54, 1.807) is 20.8 Å². The van der Waals surface area contributed by atoms with Crippen molar-refractivity contribution in [3.63, 3.8) is 0 Å². The summed E-state index contributed by atoms with van der Waals surface area (Å²) in [5, 5.41) is 9.04. The van der Waals surface area contributed by atoms with E-state index in [0.29, 0.717) is 13.0 Å². The average Bonchev–Trinajstić information content (AvgIpc) is 2.79. The van der Waals surface area contributed by atoms with Crippen LogP contribution in [-0.2, 0) is 14.3 Å². The monoisotopic (exact) mass is 335 g/mol. The standard InChI is InChI=1S/C17H21NO4S/c1-16(2,3)22-15(21)13-12(14(19)20)10-7-9-18-11-6-4-5-8-17(10,11)23-13/h4-6,8,10,12-13H,7,9H2,1-3H3,(H,19,20). The number of esters is 1. The molecule has 0 aromatic heterocycles. The Morgan fingerprint density at radius 2 is 2.13 bits per heavy atom. The summed E-state index contributed by atoms with van der Waals surface area (Å²) >= 11 is 1.39. The van der Waals surface area contributed by atoms with Gasteiger partial charge in [0.2, 0.25) is 0 Å². The molecule has 0 aromatic carbocycles. The highest BCUT2D eigenvalue weighted by atomic mass is 32.2. The lowest BCUT2D eigenvalue weighted by molar-refractivity contribution is -0.159. The van der Waals surface area contributed by atoms with Crippen LogP contribution in [0.4, 0.5) is 0 Å². The molecular formula is C17H21NO4S. The molecule has 1 fully saturated rings. The van der Waals surface area contributed by atoms with Crippen LogP contribution in [-0.4, -0.2) is 44.9 Å². The van der Waals surface area contributed by atoms with Crippen molar-refractivity contribution in [2.75, 3.05) is 6.54 Å². The quantitative estimate of drug-likeness (QED) is 0.785. The second kappa shape index (κ2) is 5.51. The summed E-state index contributed by atoms with van der Waals surface area (Å²) in [6.45, 7) is 5.98. The first kappa shape index (κ1) is 16.3. The van der Waals surface area contributed by atoms with E-state index in [2.05, 4.69) is 4.99 Å². The fourth-order valence-electron chi connectivity index (χ4n) is 3.57. The van der Waals surface area contributed by atoms with E-state index in [1.807, 2.05) is 24.3 Å². The molecule has 3 aliphatic rings. The van der Waals surface area contributed by atoms with E-state index < -0.39 is 33.5 Å². The van der Waals surface area contributed by atoms with Crippen molar-refractivity contribution in [3.8, 4) is 0 Å². The predicted molar refractivity (Wildman–Crippen MR) is 89.8 cm³/mol. The number of nitrogens with zero attached hydrogens (tertiary/aromatic N) is 1. The molecule has 0 aromatic rings. The number of carbonyl (C=O) groups is 2. The van der Waals surface area contributed by atoms with Crippen LogP contribution in [0.1, 0.15) is 27.2 Å². The van der Waals surface area contributed by atoms with Crippen LogP contribution >= 0.6 is 11.8 Å². The number of carbonyl (C=O) groups excluding carboxylic acids is 1. The van der Waals surface area contributed by atoms with Crippen LogP contribution in [0.3, 0.4) is 0 Å². The molecule has 4 atom stereocenters. The van der Waals surface area contributed by atoms with Crippen LogP contribution in [0, 0.1) is 11.8 Å². The number of aliphatic imine (C=N–C) groups is 1. The Hall–Kier alpha value is -1.56. The van der Waals surface area contributed by atoms with Gasteiger partial charge >= 0.3 is 11.9 Å². The first-order chi connectivity index (χ1) is 10.7. The van der Waals surface area contributed by atoms with Gasteiger partial charge in [-0.1, -0.05) is 18.2 Å². The van der Waals surface area contributed by atoms with Crippen molar-refractivity contribution in [2.24, 2.45) is 16.8 Å². The largest absolute Gasteiger partial charge is 0.481 e. The number of carboxylic acid groups (broad SMARTS) is 1. The molecule has 6 heteroatoms. The van der Waals surface area contributed by atoms with E-state index >= 15 is 0 Å². The minimum absolute atomic E-state index is 0.142. The Morgan fingerprint density at radius 1 is 1.39 bits per heavy atom. The average molecular weight is 335 g/mol. The minimum Gasteiger partial charge on any atom is -0.481 e. The van der Waals surface area contributed by atoms with Gasteiger partial charge in [-0.25, -0.2) is 0 Å². The van der Waals surface area contributed by atoms with Gasteiger partial charge < -0.3 is 9.84 Å². The molecule has 1 spiro atoms. The van der Waals surface area contributed by atoms with Gasteiger partial charge in [-0.2, -0.15) is 0 Å². The van der Waals surface area contributed by atoms with E-state index in [4.69, 9.17) is 4.74 Å². The smallest absolute Gasteiger partial charge is 0.320 e. The number of hydrogen-bond donors (Lipinski definition) is 1. The van der Waals surface area contributed by atoms with Crippen molar-refractivity contribution in [1.29, 1.82) is 0 Å². The molecule has 0 saturated carbocycles. The molecule has 2 aliphatic heterocycles. The van der Waals surface area contributed by atoms with Gasteiger partial charge in [-0.3, -0.25) is 14.6 Å². The van der Waals surface area contributed by atoms with E-state index in [-0.39, 0.29) is 5.92 Å². The van der Waals surface area contributed by atoms with Gasteiger partial charge in [0.1, 0.15) is 10.9 Å². The molecule has 23 heavy (non-hydrogen) atoms. The van der Waals surface area contributed by atoms with E-state index in [1.165, 1.54) is 11.8 Å². The number of thioether (sulfide) groups is 1. The number of ether oxygens (including phenoxy) is 1. The maximum absolute atomic E-state index is 12.6. The van der Waals surface area contributed by atoms with Crippen LogP contribution in [0.2, 0.25) is 0 Å². The van der Waals surface area contributed by atoms with Gasteiger partial charge in [0.05, 0.1) is 16.4 Å². The lowest BCUT2D eigenvalue weighted by Gasteiger charge is -2.37.